The number of ether oxygens (including phenoxy) is 2. The smallest absolute Gasteiger partial charge is 0.254 e. The quantitative estimate of drug-likeness (QED) is 0.601. The number of amides is 1. The Morgan fingerprint density at radius 2 is 1.72 bits per heavy atom. The van der Waals surface area contributed by atoms with E-state index in [-0.39, 0.29) is 5.91 Å². The number of anilines is 1. The van der Waals surface area contributed by atoms with E-state index in [2.05, 4.69) is 15.1 Å². The normalized spacial score (nSPS) is 14.2. The summed E-state index contributed by atoms with van der Waals surface area (Å²) in [5, 5.41) is 10.4. The van der Waals surface area contributed by atoms with Crippen molar-refractivity contribution in [2.45, 2.75) is 0 Å². The summed E-state index contributed by atoms with van der Waals surface area (Å²) in [6.45, 7) is 3.69. The van der Waals surface area contributed by atoms with Gasteiger partial charge >= 0.3 is 0 Å². The van der Waals surface area contributed by atoms with E-state index in [1.807, 2.05) is 59.5 Å². The maximum Gasteiger partial charge on any atom is 0.254 e. The topological polar surface area (TPSA) is 67.8 Å². The second-order valence-corrected chi connectivity index (χ2v) is 6.88. The molecule has 7 heteroatoms. The number of hydrogen-bond donors (Lipinski definition) is 0. The average Bonchev–Trinajstić information content (AvgIpc) is 2.79. The molecule has 1 aliphatic rings. The number of benzene rings is 2. The first-order valence-electron chi connectivity index (χ1n) is 9.74. The van der Waals surface area contributed by atoms with Gasteiger partial charge in [0.15, 0.2) is 5.82 Å². The summed E-state index contributed by atoms with van der Waals surface area (Å²) in [4.78, 5) is 17.1. The van der Waals surface area contributed by atoms with Crippen LogP contribution in [0.5, 0.6) is 5.88 Å². The molecule has 29 heavy (non-hydrogen) atoms. The first-order chi connectivity index (χ1) is 14.3. The Labute approximate surface area is 169 Å². The second-order valence-electron chi connectivity index (χ2n) is 6.88. The van der Waals surface area contributed by atoms with Crippen molar-refractivity contribution in [2.24, 2.45) is 0 Å². The fraction of sp³-hybridized carbons (Fsp3) is 0.318. The van der Waals surface area contributed by atoms with Gasteiger partial charge in [0.1, 0.15) is 6.61 Å². The predicted molar refractivity (Wildman–Crippen MR) is 111 cm³/mol. The number of carbonyl (C=O) groups excluding carboxylic acids is 1. The van der Waals surface area contributed by atoms with Gasteiger partial charge in [-0.25, -0.2) is 0 Å². The first-order valence-corrected chi connectivity index (χ1v) is 9.74. The molecule has 4 rings (SSSR count). The SMILES string of the molecule is COCCOc1ccc(N2CCN(C(=O)c3cccc4ccccc34)CC2)nn1. The van der Waals surface area contributed by atoms with E-state index in [4.69, 9.17) is 9.47 Å². The molecule has 1 aliphatic heterocycles. The Hall–Kier alpha value is -3.19. The van der Waals surface area contributed by atoms with Crippen molar-refractivity contribution >= 4 is 22.5 Å². The number of methoxy groups -OCH3 is 1. The van der Waals surface area contributed by atoms with E-state index in [0.717, 1.165) is 35.2 Å². The van der Waals surface area contributed by atoms with Crippen LogP contribution in [0.15, 0.2) is 54.6 Å². The summed E-state index contributed by atoms with van der Waals surface area (Å²) in [5.74, 6) is 1.35. The van der Waals surface area contributed by atoms with Gasteiger partial charge in [0.25, 0.3) is 5.91 Å². The maximum absolute atomic E-state index is 13.1. The molecular weight excluding hydrogens is 368 g/mol. The number of aromatic nitrogens is 2. The summed E-state index contributed by atoms with van der Waals surface area (Å²) in [6.07, 6.45) is 0. The zero-order valence-electron chi connectivity index (χ0n) is 16.5. The van der Waals surface area contributed by atoms with Crippen LogP contribution in [0.4, 0.5) is 5.82 Å². The molecule has 7 nitrogen and oxygen atoms in total. The van der Waals surface area contributed by atoms with Gasteiger partial charge < -0.3 is 19.3 Å². The van der Waals surface area contributed by atoms with Gasteiger partial charge in [0.05, 0.1) is 6.61 Å². The van der Waals surface area contributed by atoms with Crippen LogP contribution >= 0.6 is 0 Å². The summed E-state index contributed by atoms with van der Waals surface area (Å²) in [5.41, 5.74) is 0.758. The lowest BCUT2D eigenvalue weighted by Gasteiger charge is -2.35. The van der Waals surface area contributed by atoms with Gasteiger partial charge in [-0.05, 0) is 22.9 Å². The molecule has 1 fully saturated rings. The highest BCUT2D eigenvalue weighted by Gasteiger charge is 2.24. The number of piperazine rings is 1. The first kappa shape index (κ1) is 19.1. The lowest BCUT2D eigenvalue weighted by atomic mass is 10.0. The molecule has 150 valence electrons. The third kappa shape index (κ3) is 4.30. The minimum absolute atomic E-state index is 0.0782. The summed E-state index contributed by atoms with van der Waals surface area (Å²) < 4.78 is 10.4. The Balaban J connectivity index is 1.38. The molecule has 1 saturated heterocycles. The van der Waals surface area contributed by atoms with Gasteiger partial charge in [-0.2, -0.15) is 0 Å². The standard InChI is InChI=1S/C22H24N4O3/c1-28-15-16-29-21-10-9-20(23-24-21)25-11-13-26(14-12-25)22(27)19-8-4-6-17-5-2-3-7-18(17)19/h2-10H,11-16H2,1H3. The van der Waals surface area contributed by atoms with Crippen LogP contribution in [0, 0.1) is 0 Å². The lowest BCUT2D eigenvalue weighted by molar-refractivity contribution is 0.0748. The molecule has 0 unspecified atom stereocenters. The van der Waals surface area contributed by atoms with E-state index >= 15 is 0 Å². The van der Waals surface area contributed by atoms with Gasteiger partial charge in [-0.1, -0.05) is 36.4 Å². The van der Waals surface area contributed by atoms with Crippen molar-refractivity contribution in [1.82, 2.24) is 15.1 Å². The van der Waals surface area contributed by atoms with Gasteiger partial charge in [-0.15, -0.1) is 10.2 Å². The molecular formula is C22H24N4O3. The molecule has 0 aliphatic carbocycles. The zero-order chi connectivity index (χ0) is 20.1. The number of nitrogens with zero attached hydrogens (tertiary/aromatic N) is 4. The third-order valence-corrected chi connectivity index (χ3v) is 5.07. The largest absolute Gasteiger partial charge is 0.474 e. The number of hydrogen-bond acceptors (Lipinski definition) is 6. The van der Waals surface area contributed by atoms with Crippen molar-refractivity contribution in [2.75, 3.05) is 51.4 Å². The van der Waals surface area contributed by atoms with Crippen LogP contribution < -0.4 is 9.64 Å². The molecule has 1 amide bonds. The maximum atomic E-state index is 13.1. The van der Waals surface area contributed by atoms with Crippen molar-refractivity contribution in [1.29, 1.82) is 0 Å². The Morgan fingerprint density at radius 3 is 2.48 bits per heavy atom. The second kappa shape index (κ2) is 8.87. The molecule has 2 aromatic carbocycles. The summed E-state index contributed by atoms with van der Waals surface area (Å²) in [6, 6.07) is 17.6. The van der Waals surface area contributed by atoms with Crippen molar-refractivity contribution in [3.63, 3.8) is 0 Å². The fourth-order valence-electron chi connectivity index (χ4n) is 3.51. The molecule has 0 atom stereocenters. The molecule has 0 radical (unpaired) electrons. The van der Waals surface area contributed by atoms with Crippen molar-refractivity contribution in [3.05, 3.63) is 60.2 Å². The fourth-order valence-corrected chi connectivity index (χ4v) is 3.51. The molecule has 3 aromatic rings. The van der Waals surface area contributed by atoms with Crippen LogP contribution in [-0.2, 0) is 4.74 Å². The monoisotopic (exact) mass is 392 g/mol. The van der Waals surface area contributed by atoms with Crippen LogP contribution in [0.2, 0.25) is 0 Å². The molecule has 0 spiro atoms. The van der Waals surface area contributed by atoms with Gasteiger partial charge in [0.2, 0.25) is 5.88 Å². The highest BCUT2D eigenvalue weighted by atomic mass is 16.5. The molecule has 0 N–H and O–H groups in total. The highest BCUT2D eigenvalue weighted by Crippen LogP contribution is 2.21. The van der Waals surface area contributed by atoms with E-state index in [1.165, 1.54) is 0 Å². The minimum atomic E-state index is 0.0782. The van der Waals surface area contributed by atoms with E-state index in [1.54, 1.807) is 7.11 Å². The summed E-state index contributed by atoms with van der Waals surface area (Å²) >= 11 is 0. The molecule has 0 saturated carbocycles. The minimum Gasteiger partial charge on any atom is -0.474 e. The van der Waals surface area contributed by atoms with E-state index < -0.39 is 0 Å². The van der Waals surface area contributed by atoms with Crippen molar-refractivity contribution < 1.29 is 14.3 Å². The van der Waals surface area contributed by atoms with E-state index in [9.17, 15) is 4.79 Å². The number of fused-ring (bicyclic) bond motifs is 1. The van der Waals surface area contributed by atoms with Crippen LogP contribution in [0.25, 0.3) is 10.8 Å². The predicted octanol–water partition coefficient (Wildman–Crippen LogP) is 2.62. The lowest BCUT2D eigenvalue weighted by Crippen LogP contribution is -2.49. The Bertz CT molecular complexity index is 964. The molecule has 0 bridgehead atoms. The third-order valence-electron chi connectivity index (χ3n) is 5.07. The summed E-state index contributed by atoms with van der Waals surface area (Å²) in [7, 11) is 1.63. The molecule has 2 heterocycles. The highest BCUT2D eigenvalue weighted by molar-refractivity contribution is 6.07. The molecule has 1 aromatic heterocycles. The van der Waals surface area contributed by atoms with Gasteiger partial charge in [0, 0.05) is 44.9 Å². The Morgan fingerprint density at radius 1 is 0.931 bits per heavy atom. The van der Waals surface area contributed by atoms with E-state index in [0.29, 0.717) is 32.2 Å². The Kier molecular flexibility index (Phi) is 5.86. The van der Waals surface area contributed by atoms with Crippen LogP contribution in [0.1, 0.15) is 10.4 Å². The van der Waals surface area contributed by atoms with Gasteiger partial charge in [-0.3, -0.25) is 4.79 Å². The number of rotatable bonds is 6. The van der Waals surface area contributed by atoms with Crippen molar-refractivity contribution in [3.8, 4) is 5.88 Å². The van der Waals surface area contributed by atoms with Crippen LogP contribution in [0.3, 0.4) is 0 Å². The number of carbonyl (C=O) groups is 1. The zero-order valence-corrected chi connectivity index (χ0v) is 16.5. The average molecular weight is 392 g/mol. The van der Waals surface area contributed by atoms with Crippen LogP contribution in [-0.4, -0.2) is 67.5 Å².